The topological polar surface area (TPSA) is 79.9 Å². The average Bonchev–Trinajstić information content (AvgIpc) is 3.69. The van der Waals surface area contributed by atoms with Crippen LogP contribution in [0.5, 0.6) is 0 Å². The Bertz CT molecular complexity index is 2280. The Morgan fingerprint density at radius 3 is 2.63 bits per heavy atom. The van der Waals surface area contributed by atoms with Crippen LogP contribution < -0.4 is 0 Å². The van der Waals surface area contributed by atoms with E-state index in [1.54, 1.807) is 24.4 Å². The molecular formula is C29H26FN5O3. The molecule has 0 bridgehead atoms. The normalized spacial score (nSPS) is 33.0. The van der Waals surface area contributed by atoms with Crippen molar-refractivity contribution in [2.24, 2.45) is 0 Å². The fraction of sp³-hybridized carbons (Fsp3) is 0.310. The molecule has 1 fully saturated rings. The summed E-state index contributed by atoms with van der Waals surface area (Å²) in [4.78, 5) is 44.7. The number of urea groups is 1. The molecule has 0 spiro atoms. The minimum absolute atomic E-state index is 0.0377. The SMILES string of the molecule is [2H]C1([2H])N(C(=O)N2C([2H])([2H])C([2H])([2H])C([2H])([2H])C([2H])([2H])C2([2H])[2H])Cc2cc(F)cc3c(C4=C(c5cnc6ccccn56)C(=O)CC4=O)cn(c23)C1([2H])[2H]. The average molecular weight is 526 g/mol. The second kappa shape index (κ2) is 8.65. The number of pyridine rings is 1. The highest BCUT2D eigenvalue weighted by atomic mass is 19.1. The third kappa shape index (κ3) is 3.48. The van der Waals surface area contributed by atoms with Crippen LogP contribution in [-0.2, 0) is 22.6 Å². The first-order chi connectivity index (χ1) is 23.8. The molecule has 192 valence electrons. The molecule has 1 aromatic carbocycles. The van der Waals surface area contributed by atoms with Gasteiger partial charge in [-0.1, -0.05) is 6.07 Å². The van der Waals surface area contributed by atoms with Gasteiger partial charge in [0, 0.05) is 75.2 Å². The van der Waals surface area contributed by atoms with Crippen molar-refractivity contribution in [2.75, 3.05) is 19.5 Å². The van der Waals surface area contributed by atoms with Crippen LogP contribution in [0.4, 0.5) is 9.18 Å². The first-order valence-electron chi connectivity index (χ1n) is 18.5. The number of ketones is 2. The lowest BCUT2D eigenvalue weighted by Gasteiger charge is -2.32. The number of hydrogen-bond acceptors (Lipinski definition) is 4. The molecule has 38 heavy (non-hydrogen) atoms. The van der Waals surface area contributed by atoms with Crippen LogP contribution in [0.2, 0.25) is 0 Å². The predicted molar refractivity (Wildman–Crippen MR) is 140 cm³/mol. The second-order valence-corrected chi connectivity index (χ2v) is 8.75. The third-order valence-electron chi connectivity index (χ3n) is 6.53. The second-order valence-electron chi connectivity index (χ2n) is 8.75. The number of Topliss-reactive ketones (excluding diaryl/α,β-unsaturated/α-hetero) is 2. The summed E-state index contributed by atoms with van der Waals surface area (Å²) in [5.41, 5.74) is -0.457. The highest BCUT2D eigenvalue weighted by Crippen LogP contribution is 2.41. The molecule has 4 aromatic rings. The number of halogens is 1. The van der Waals surface area contributed by atoms with Crippen molar-refractivity contribution in [2.45, 2.75) is 38.6 Å². The van der Waals surface area contributed by atoms with E-state index in [1.807, 2.05) is 0 Å². The van der Waals surface area contributed by atoms with E-state index >= 15 is 4.39 Å². The van der Waals surface area contributed by atoms with Gasteiger partial charge in [0.05, 0.1) is 34.9 Å². The highest BCUT2D eigenvalue weighted by molar-refractivity contribution is 6.51. The largest absolute Gasteiger partial charge is 0.345 e. The van der Waals surface area contributed by atoms with Gasteiger partial charge in [0.1, 0.15) is 11.5 Å². The molecule has 7 rings (SSSR count). The van der Waals surface area contributed by atoms with Crippen molar-refractivity contribution in [3.05, 3.63) is 71.6 Å². The zero-order valence-corrected chi connectivity index (χ0v) is 19.4. The summed E-state index contributed by atoms with van der Waals surface area (Å²) in [6.07, 6.45) is -8.47. The summed E-state index contributed by atoms with van der Waals surface area (Å²) in [5.74, 6) is -2.35. The number of aryl methyl sites for hydroxylation is 1. The lowest BCUT2D eigenvalue weighted by atomic mass is 9.98. The van der Waals surface area contributed by atoms with Crippen LogP contribution in [0.3, 0.4) is 0 Å². The molecule has 0 N–H and O–H groups in total. The van der Waals surface area contributed by atoms with Gasteiger partial charge in [-0.15, -0.1) is 0 Å². The van der Waals surface area contributed by atoms with Gasteiger partial charge in [-0.3, -0.25) is 14.0 Å². The number of benzene rings is 1. The third-order valence-corrected chi connectivity index (χ3v) is 6.53. The molecule has 9 heteroatoms. The molecule has 0 unspecified atom stereocenters. The fourth-order valence-electron chi connectivity index (χ4n) is 4.97. The maximum absolute atomic E-state index is 15.5. The van der Waals surface area contributed by atoms with E-state index in [-0.39, 0.29) is 43.8 Å². The summed E-state index contributed by atoms with van der Waals surface area (Å²) >= 11 is 0. The van der Waals surface area contributed by atoms with Crippen molar-refractivity contribution < 1.29 is 38.0 Å². The standard InChI is InChI=1S/C29H26FN5O3/c30-19-12-18-16-34(29(38)32-7-3-1-4-8-32)11-10-33-17-21(20(13-19)28(18)33)26-23(36)14-24(37)27(26)22-15-31-25-6-2-5-9-35(22)25/h2,5-6,9,12-13,15,17H,1,3-4,7-8,10-11,14,16H2/i1D2,3D2,4D2,7D2,8D2,10D2,11D2. The summed E-state index contributed by atoms with van der Waals surface area (Å²) in [6.45, 7) is -16.2. The Labute approximate surface area is 237 Å². The van der Waals surface area contributed by atoms with Gasteiger partial charge in [-0.2, -0.15) is 0 Å². The van der Waals surface area contributed by atoms with Crippen molar-refractivity contribution in [3.8, 4) is 0 Å². The van der Waals surface area contributed by atoms with Gasteiger partial charge < -0.3 is 14.4 Å². The molecule has 0 atom stereocenters. The Hall–Kier alpha value is -4.27. The summed E-state index contributed by atoms with van der Waals surface area (Å²) in [6, 6.07) is 4.59. The number of allylic oxidation sites excluding steroid dienone is 2. The van der Waals surface area contributed by atoms with Gasteiger partial charge in [0.25, 0.3) is 0 Å². The lowest BCUT2D eigenvalue weighted by molar-refractivity contribution is -0.119. The van der Waals surface area contributed by atoms with E-state index in [0.29, 0.717) is 10.2 Å². The van der Waals surface area contributed by atoms with Gasteiger partial charge in [0.15, 0.2) is 11.6 Å². The van der Waals surface area contributed by atoms with Gasteiger partial charge >= 0.3 is 6.03 Å². The van der Waals surface area contributed by atoms with Crippen molar-refractivity contribution in [1.82, 2.24) is 23.8 Å². The predicted octanol–water partition coefficient (Wildman–Crippen LogP) is 4.30. The van der Waals surface area contributed by atoms with Crippen molar-refractivity contribution in [1.29, 1.82) is 0 Å². The summed E-state index contributed by atoms with van der Waals surface area (Å²) in [7, 11) is 0. The Kier molecular flexibility index (Phi) is 2.85. The van der Waals surface area contributed by atoms with Crippen molar-refractivity contribution >= 4 is 45.3 Å². The van der Waals surface area contributed by atoms with Gasteiger partial charge in [-0.05, 0) is 48.9 Å². The highest BCUT2D eigenvalue weighted by Gasteiger charge is 2.36. The summed E-state index contributed by atoms with van der Waals surface area (Å²) in [5, 5.41) is -0.183. The molecule has 1 aliphatic carbocycles. The number of aromatic nitrogens is 3. The van der Waals surface area contributed by atoms with E-state index in [1.165, 1.54) is 10.6 Å². The van der Waals surface area contributed by atoms with Crippen LogP contribution in [0.1, 0.15) is 61.6 Å². The molecule has 3 aliphatic rings. The minimum atomic E-state index is -4.01. The van der Waals surface area contributed by atoms with Gasteiger partial charge in [-0.25, -0.2) is 14.2 Å². The number of amides is 2. The Morgan fingerprint density at radius 1 is 0.974 bits per heavy atom. The number of rotatable bonds is 2. The van der Waals surface area contributed by atoms with Crippen LogP contribution in [0.15, 0.2) is 48.9 Å². The van der Waals surface area contributed by atoms with Crippen LogP contribution in [0.25, 0.3) is 27.7 Å². The van der Waals surface area contributed by atoms with Crippen LogP contribution in [0, 0.1) is 5.82 Å². The monoisotopic (exact) mass is 525 g/mol. The lowest BCUT2D eigenvalue weighted by Crippen LogP contribution is -2.45. The summed E-state index contributed by atoms with van der Waals surface area (Å²) < 4.78 is 136. The maximum atomic E-state index is 15.5. The first kappa shape index (κ1) is 12.5. The molecule has 3 aromatic heterocycles. The smallest absolute Gasteiger partial charge is 0.320 e. The molecule has 1 saturated heterocycles. The quantitative estimate of drug-likeness (QED) is 0.366. The molecular weight excluding hydrogens is 485 g/mol. The first-order valence-corrected chi connectivity index (χ1v) is 11.5. The zero-order valence-electron chi connectivity index (χ0n) is 33.4. The number of carbonyl (C=O) groups excluding carboxylic acids is 3. The van der Waals surface area contributed by atoms with Gasteiger partial charge in [0.2, 0.25) is 0 Å². The number of carbonyl (C=O) groups is 3. The fourth-order valence-corrected chi connectivity index (χ4v) is 4.97. The van der Waals surface area contributed by atoms with Crippen molar-refractivity contribution in [3.63, 3.8) is 0 Å². The molecule has 0 radical (unpaired) electrons. The number of imidazole rings is 1. The number of likely N-dealkylation sites (tertiary alicyclic amines) is 1. The molecule has 0 saturated carbocycles. The van der Waals surface area contributed by atoms with E-state index in [0.717, 1.165) is 18.3 Å². The van der Waals surface area contributed by atoms with E-state index < -0.39 is 86.4 Å². The van der Waals surface area contributed by atoms with E-state index in [9.17, 15) is 14.4 Å². The minimum Gasteiger partial charge on any atom is -0.345 e. The molecule has 2 amide bonds. The van der Waals surface area contributed by atoms with E-state index in [2.05, 4.69) is 4.98 Å². The van der Waals surface area contributed by atoms with Crippen LogP contribution in [-0.4, -0.2) is 60.8 Å². The Balaban J connectivity index is 1.45. The molecule has 8 nitrogen and oxygen atoms in total. The number of hydrogen-bond donors (Lipinski definition) is 0. The maximum Gasteiger partial charge on any atom is 0.320 e. The number of fused-ring (bicyclic) bond motifs is 1. The number of nitrogens with zero attached hydrogens (tertiary/aromatic N) is 5. The Morgan fingerprint density at radius 2 is 1.79 bits per heavy atom. The number of piperidine rings is 1. The zero-order chi connectivity index (χ0) is 38.5. The van der Waals surface area contributed by atoms with Crippen LogP contribution >= 0.6 is 0 Å². The molecule has 5 heterocycles. The molecule has 2 aliphatic heterocycles. The van der Waals surface area contributed by atoms with E-state index in [4.69, 9.17) is 19.2 Å².